The molecule has 1 aliphatic rings. The van der Waals surface area contributed by atoms with Gasteiger partial charge in [0.1, 0.15) is 0 Å². The van der Waals surface area contributed by atoms with Crippen LogP contribution in [0.4, 0.5) is 0 Å². The predicted octanol–water partition coefficient (Wildman–Crippen LogP) is 1.14. The Morgan fingerprint density at radius 1 is 1.50 bits per heavy atom. The second kappa shape index (κ2) is 5.51. The van der Waals surface area contributed by atoms with Crippen molar-refractivity contribution in [2.45, 2.75) is 38.1 Å². The van der Waals surface area contributed by atoms with Crippen molar-refractivity contribution in [2.24, 2.45) is 5.90 Å². The Hall–Kier alpha value is -0.120. The molecule has 72 valence electrons. The van der Waals surface area contributed by atoms with Gasteiger partial charge >= 0.3 is 0 Å². The molecule has 0 aliphatic carbocycles. The topological polar surface area (TPSA) is 38.5 Å². The molecule has 0 aromatic carbocycles. The first-order chi connectivity index (χ1) is 5.84. The van der Waals surface area contributed by atoms with Crippen molar-refractivity contribution < 1.29 is 4.84 Å². The number of hydrogen-bond acceptors (Lipinski definition) is 3. The van der Waals surface area contributed by atoms with Crippen molar-refractivity contribution in [1.29, 1.82) is 0 Å². The maximum Gasteiger partial charge on any atom is 0.0679 e. The zero-order valence-electron chi connectivity index (χ0n) is 7.96. The highest BCUT2D eigenvalue weighted by molar-refractivity contribution is 4.73. The first-order valence-electron chi connectivity index (χ1n) is 4.86. The minimum atomic E-state index is 0.699. The zero-order chi connectivity index (χ0) is 8.81. The van der Waals surface area contributed by atoms with Crippen molar-refractivity contribution in [3.8, 4) is 0 Å². The molecule has 0 spiro atoms. The van der Waals surface area contributed by atoms with Crippen molar-refractivity contribution in [3.05, 3.63) is 0 Å². The van der Waals surface area contributed by atoms with Crippen LogP contribution in [0.2, 0.25) is 0 Å². The summed E-state index contributed by atoms with van der Waals surface area (Å²) < 4.78 is 0. The monoisotopic (exact) mass is 172 g/mol. The Balaban J connectivity index is 2.11. The third-order valence-corrected chi connectivity index (χ3v) is 2.72. The Labute approximate surface area is 74.8 Å². The molecule has 1 saturated heterocycles. The minimum Gasteiger partial charge on any atom is -0.305 e. The van der Waals surface area contributed by atoms with Crippen molar-refractivity contribution in [2.75, 3.05) is 20.2 Å². The number of likely N-dealkylation sites (tertiary alicyclic amines) is 1. The average molecular weight is 172 g/mol. The highest BCUT2D eigenvalue weighted by Gasteiger charge is 2.17. The van der Waals surface area contributed by atoms with Gasteiger partial charge in [0.05, 0.1) is 6.61 Å². The molecular weight excluding hydrogens is 152 g/mol. The Morgan fingerprint density at radius 2 is 2.33 bits per heavy atom. The highest BCUT2D eigenvalue weighted by atomic mass is 16.6. The predicted molar refractivity (Wildman–Crippen MR) is 49.6 cm³/mol. The molecule has 1 atom stereocenters. The van der Waals surface area contributed by atoms with Crippen LogP contribution in [0.1, 0.15) is 32.1 Å². The van der Waals surface area contributed by atoms with Gasteiger partial charge in [0.25, 0.3) is 0 Å². The maximum absolute atomic E-state index is 4.97. The number of nitrogens with two attached hydrogens (primary N) is 1. The Morgan fingerprint density at radius 3 is 3.00 bits per heavy atom. The summed E-state index contributed by atoms with van der Waals surface area (Å²) in [4.78, 5) is 7.01. The van der Waals surface area contributed by atoms with Crippen molar-refractivity contribution in [3.63, 3.8) is 0 Å². The van der Waals surface area contributed by atoms with Crippen LogP contribution in [0.3, 0.4) is 0 Å². The average Bonchev–Trinajstić information content (AvgIpc) is 2.09. The van der Waals surface area contributed by atoms with E-state index in [-0.39, 0.29) is 0 Å². The van der Waals surface area contributed by atoms with Gasteiger partial charge < -0.3 is 9.74 Å². The highest BCUT2D eigenvalue weighted by Crippen LogP contribution is 2.18. The zero-order valence-corrected chi connectivity index (χ0v) is 7.96. The second-order valence-electron chi connectivity index (χ2n) is 3.64. The Bertz CT molecular complexity index is 119. The van der Waals surface area contributed by atoms with Gasteiger partial charge in [-0.1, -0.05) is 6.42 Å². The van der Waals surface area contributed by atoms with Crippen molar-refractivity contribution >= 4 is 0 Å². The molecule has 0 radical (unpaired) electrons. The van der Waals surface area contributed by atoms with Crippen LogP contribution in [0.5, 0.6) is 0 Å². The number of piperidine rings is 1. The van der Waals surface area contributed by atoms with E-state index in [0.29, 0.717) is 6.61 Å². The molecule has 1 unspecified atom stereocenters. The lowest BCUT2D eigenvalue weighted by molar-refractivity contribution is 0.115. The standard InChI is InChI=1S/C9H20N2O/c1-11-7-3-2-5-9(11)6-4-8-12-10/h9H,2-8,10H2,1H3. The number of hydrogen-bond donors (Lipinski definition) is 1. The SMILES string of the molecule is CN1CCCCC1CCCON. The van der Waals surface area contributed by atoms with Gasteiger partial charge in [0, 0.05) is 6.04 Å². The van der Waals surface area contributed by atoms with Crippen LogP contribution in [0.15, 0.2) is 0 Å². The summed E-state index contributed by atoms with van der Waals surface area (Å²) in [6.45, 7) is 1.96. The molecule has 0 aromatic rings. The fraction of sp³-hybridized carbons (Fsp3) is 1.00. The van der Waals surface area contributed by atoms with E-state index < -0.39 is 0 Å². The summed E-state index contributed by atoms with van der Waals surface area (Å²) in [6, 6.07) is 0.772. The quantitative estimate of drug-likeness (QED) is 0.510. The van der Waals surface area contributed by atoms with Crippen molar-refractivity contribution in [1.82, 2.24) is 4.90 Å². The molecule has 1 heterocycles. The van der Waals surface area contributed by atoms with Crippen LogP contribution in [0, 0.1) is 0 Å². The van der Waals surface area contributed by atoms with Gasteiger partial charge in [-0.2, -0.15) is 0 Å². The lowest BCUT2D eigenvalue weighted by atomic mass is 9.99. The molecule has 0 amide bonds. The fourth-order valence-electron chi connectivity index (χ4n) is 1.91. The summed E-state index contributed by atoms with van der Waals surface area (Å²) in [5.74, 6) is 4.97. The lowest BCUT2D eigenvalue weighted by Crippen LogP contribution is -2.36. The van der Waals surface area contributed by atoms with E-state index in [1.54, 1.807) is 0 Å². The molecule has 0 aromatic heterocycles. The molecule has 0 saturated carbocycles. The van der Waals surface area contributed by atoms with Crippen LogP contribution in [-0.4, -0.2) is 31.1 Å². The fourth-order valence-corrected chi connectivity index (χ4v) is 1.91. The third-order valence-electron chi connectivity index (χ3n) is 2.72. The molecule has 1 rings (SSSR count). The largest absolute Gasteiger partial charge is 0.305 e. The summed E-state index contributed by atoms with van der Waals surface area (Å²) in [6.07, 6.45) is 6.42. The number of rotatable bonds is 4. The summed E-state index contributed by atoms with van der Waals surface area (Å²) in [5.41, 5.74) is 0. The second-order valence-corrected chi connectivity index (χ2v) is 3.64. The first-order valence-corrected chi connectivity index (χ1v) is 4.86. The molecule has 2 N–H and O–H groups in total. The van der Waals surface area contributed by atoms with Gasteiger partial charge in [-0.3, -0.25) is 0 Å². The van der Waals surface area contributed by atoms with Gasteiger partial charge in [-0.15, -0.1) is 0 Å². The molecule has 1 aliphatic heterocycles. The van der Waals surface area contributed by atoms with Gasteiger partial charge in [-0.05, 0) is 39.3 Å². The number of nitrogens with zero attached hydrogens (tertiary/aromatic N) is 1. The molecule has 3 heteroatoms. The maximum atomic E-state index is 4.97. The van der Waals surface area contributed by atoms with E-state index in [2.05, 4.69) is 16.8 Å². The summed E-state index contributed by atoms with van der Waals surface area (Å²) in [5, 5.41) is 0. The molecule has 0 bridgehead atoms. The normalized spacial score (nSPS) is 26.0. The molecule has 12 heavy (non-hydrogen) atoms. The van der Waals surface area contributed by atoms with Crippen LogP contribution in [0.25, 0.3) is 0 Å². The third kappa shape index (κ3) is 3.09. The minimum absolute atomic E-state index is 0.699. The van der Waals surface area contributed by atoms with Gasteiger partial charge in [0.15, 0.2) is 0 Å². The van der Waals surface area contributed by atoms with Gasteiger partial charge in [0.2, 0.25) is 0 Å². The van der Waals surface area contributed by atoms with E-state index in [0.717, 1.165) is 12.5 Å². The first kappa shape index (κ1) is 9.96. The Kier molecular flexibility index (Phi) is 4.58. The molecule has 1 fully saturated rings. The van der Waals surface area contributed by atoms with Gasteiger partial charge in [-0.25, -0.2) is 5.90 Å². The lowest BCUT2D eigenvalue weighted by Gasteiger charge is -2.32. The molecular formula is C9H20N2O. The molecule has 3 nitrogen and oxygen atoms in total. The van der Waals surface area contributed by atoms with E-state index in [1.165, 1.54) is 32.2 Å². The van der Waals surface area contributed by atoms with E-state index in [9.17, 15) is 0 Å². The van der Waals surface area contributed by atoms with E-state index in [1.807, 2.05) is 0 Å². The summed E-state index contributed by atoms with van der Waals surface area (Å²) >= 11 is 0. The smallest absolute Gasteiger partial charge is 0.0679 e. The van der Waals surface area contributed by atoms with Crippen LogP contribution in [-0.2, 0) is 4.84 Å². The van der Waals surface area contributed by atoms with Crippen LogP contribution < -0.4 is 5.90 Å². The van der Waals surface area contributed by atoms with Crippen LogP contribution >= 0.6 is 0 Å². The van der Waals surface area contributed by atoms with E-state index >= 15 is 0 Å². The van der Waals surface area contributed by atoms with E-state index in [4.69, 9.17) is 5.90 Å². The summed E-state index contributed by atoms with van der Waals surface area (Å²) in [7, 11) is 2.22.